The molecule has 7 nitrogen and oxygen atoms in total. The number of amides is 1. The number of nitro groups is 1. The van der Waals surface area contributed by atoms with E-state index in [9.17, 15) is 20.0 Å². The standard InChI is InChI=1S/C20H15N3O4S/c21-13-4-3-5-14(11-13)28-18-9-8-12(10-17(18)23(26)27)20(25)16-7-2-1-6-15(16)19(24)22-20/h1-11,25H,21H2,(H,22,24). The van der Waals surface area contributed by atoms with Crippen LogP contribution in [0.3, 0.4) is 0 Å². The summed E-state index contributed by atoms with van der Waals surface area (Å²) in [7, 11) is 0. The molecular formula is C20H15N3O4S. The van der Waals surface area contributed by atoms with Crippen molar-refractivity contribution in [2.75, 3.05) is 5.73 Å². The molecule has 3 aromatic rings. The maximum atomic E-state index is 12.2. The van der Waals surface area contributed by atoms with E-state index in [2.05, 4.69) is 5.32 Å². The summed E-state index contributed by atoms with van der Waals surface area (Å²) in [5.41, 5.74) is 5.26. The molecule has 0 aliphatic carbocycles. The monoisotopic (exact) mass is 393 g/mol. The average Bonchev–Trinajstić information content (AvgIpc) is 2.94. The summed E-state index contributed by atoms with van der Waals surface area (Å²) in [4.78, 5) is 24.5. The van der Waals surface area contributed by atoms with Crippen LogP contribution in [0.5, 0.6) is 0 Å². The van der Waals surface area contributed by atoms with Crippen molar-refractivity contribution < 1.29 is 14.8 Å². The van der Waals surface area contributed by atoms with Gasteiger partial charge in [-0.3, -0.25) is 14.9 Å². The number of carbonyl (C=O) groups excluding carboxylic acids is 1. The van der Waals surface area contributed by atoms with Crippen LogP contribution < -0.4 is 11.1 Å². The van der Waals surface area contributed by atoms with Gasteiger partial charge in [0, 0.05) is 33.3 Å². The summed E-state index contributed by atoms with van der Waals surface area (Å²) in [6.07, 6.45) is 0. The van der Waals surface area contributed by atoms with E-state index in [0.717, 1.165) is 4.90 Å². The van der Waals surface area contributed by atoms with E-state index in [-0.39, 0.29) is 11.3 Å². The molecule has 140 valence electrons. The number of nitrogen functional groups attached to an aromatic ring is 1. The van der Waals surface area contributed by atoms with Gasteiger partial charge in [0.15, 0.2) is 5.72 Å². The summed E-state index contributed by atoms with van der Waals surface area (Å²) in [5.74, 6) is -0.432. The van der Waals surface area contributed by atoms with E-state index in [1.807, 2.05) is 0 Å². The molecule has 8 heteroatoms. The molecule has 3 aromatic carbocycles. The Balaban J connectivity index is 1.78. The van der Waals surface area contributed by atoms with Gasteiger partial charge >= 0.3 is 0 Å². The minimum atomic E-state index is -1.82. The highest BCUT2D eigenvalue weighted by Gasteiger charge is 2.43. The maximum absolute atomic E-state index is 12.2. The lowest BCUT2D eigenvalue weighted by atomic mass is 9.94. The number of anilines is 1. The first-order valence-electron chi connectivity index (χ1n) is 8.35. The van der Waals surface area contributed by atoms with Gasteiger partial charge in [0.2, 0.25) is 0 Å². The number of benzene rings is 3. The van der Waals surface area contributed by atoms with Crippen LogP contribution in [0.25, 0.3) is 0 Å². The van der Waals surface area contributed by atoms with Crippen molar-refractivity contribution >= 4 is 29.0 Å². The molecule has 1 atom stereocenters. The predicted octanol–water partition coefficient (Wildman–Crippen LogP) is 3.27. The molecule has 0 fully saturated rings. The van der Waals surface area contributed by atoms with Crippen LogP contribution >= 0.6 is 11.8 Å². The minimum absolute atomic E-state index is 0.169. The molecular weight excluding hydrogens is 378 g/mol. The van der Waals surface area contributed by atoms with Crippen LogP contribution in [0, 0.1) is 10.1 Å². The fourth-order valence-corrected chi connectivity index (χ4v) is 4.17. The Kier molecular flexibility index (Phi) is 4.29. The van der Waals surface area contributed by atoms with Gasteiger partial charge in [-0.1, -0.05) is 42.1 Å². The number of rotatable bonds is 4. The molecule has 1 aliphatic heterocycles. The minimum Gasteiger partial charge on any atom is -0.399 e. The lowest BCUT2D eigenvalue weighted by Crippen LogP contribution is -2.40. The van der Waals surface area contributed by atoms with Gasteiger partial charge in [0.1, 0.15) is 0 Å². The average molecular weight is 393 g/mol. The molecule has 1 amide bonds. The van der Waals surface area contributed by atoms with Crippen molar-refractivity contribution in [2.24, 2.45) is 0 Å². The smallest absolute Gasteiger partial charge is 0.283 e. The van der Waals surface area contributed by atoms with Crippen molar-refractivity contribution in [2.45, 2.75) is 15.5 Å². The van der Waals surface area contributed by atoms with Gasteiger partial charge in [-0.25, -0.2) is 0 Å². The number of hydrogen-bond acceptors (Lipinski definition) is 6. The van der Waals surface area contributed by atoms with Gasteiger partial charge in [0.05, 0.1) is 9.82 Å². The summed E-state index contributed by atoms with van der Waals surface area (Å²) >= 11 is 1.20. The number of nitrogens with zero attached hydrogens (tertiary/aromatic N) is 1. The molecule has 0 saturated heterocycles. The Morgan fingerprint density at radius 3 is 2.61 bits per heavy atom. The van der Waals surface area contributed by atoms with Gasteiger partial charge < -0.3 is 16.2 Å². The van der Waals surface area contributed by atoms with Crippen LogP contribution in [0.15, 0.2) is 76.5 Å². The SMILES string of the molecule is Nc1cccc(Sc2ccc(C3(O)NC(=O)c4ccccc43)cc2[N+](=O)[O-])c1. The summed E-state index contributed by atoms with van der Waals surface area (Å²) < 4.78 is 0. The third kappa shape index (κ3) is 2.98. The summed E-state index contributed by atoms with van der Waals surface area (Å²) in [6.45, 7) is 0. The number of aliphatic hydroxyl groups is 1. The second-order valence-electron chi connectivity index (χ2n) is 6.32. The highest BCUT2D eigenvalue weighted by molar-refractivity contribution is 7.99. The van der Waals surface area contributed by atoms with Crippen molar-refractivity contribution in [1.29, 1.82) is 0 Å². The first kappa shape index (κ1) is 18.0. The normalized spacial score (nSPS) is 17.8. The van der Waals surface area contributed by atoms with Gasteiger partial charge in [-0.05, 0) is 30.3 Å². The number of fused-ring (bicyclic) bond motifs is 1. The van der Waals surface area contributed by atoms with Crippen molar-refractivity contribution in [1.82, 2.24) is 5.32 Å². The van der Waals surface area contributed by atoms with Crippen LogP contribution in [0.4, 0.5) is 11.4 Å². The zero-order valence-electron chi connectivity index (χ0n) is 14.5. The zero-order valence-corrected chi connectivity index (χ0v) is 15.3. The highest BCUT2D eigenvalue weighted by Crippen LogP contribution is 2.40. The summed E-state index contributed by atoms with van der Waals surface area (Å²) in [5, 5.41) is 25.3. The first-order chi connectivity index (χ1) is 13.4. The topological polar surface area (TPSA) is 118 Å². The van der Waals surface area contributed by atoms with Crippen LogP contribution in [-0.2, 0) is 5.72 Å². The lowest BCUT2D eigenvalue weighted by Gasteiger charge is -2.24. The van der Waals surface area contributed by atoms with E-state index in [1.54, 1.807) is 60.7 Å². The van der Waals surface area contributed by atoms with E-state index in [0.29, 0.717) is 21.7 Å². The molecule has 28 heavy (non-hydrogen) atoms. The molecule has 1 unspecified atom stereocenters. The second kappa shape index (κ2) is 6.66. The Bertz CT molecular complexity index is 1120. The maximum Gasteiger partial charge on any atom is 0.283 e. The van der Waals surface area contributed by atoms with Crippen LogP contribution in [0.1, 0.15) is 21.5 Å². The van der Waals surface area contributed by atoms with Gasteiger partial charge in [-0.15, -0.1) is 0 Å². The molecule has 1 heterocycles. The number of nitrogens with one attached hydrogen (secondary N) is 1. The Morgan fingerprint density at radius 1 is 1.07 bits per heavy atom. The van der Waals surface area contributed by atoms with Crippen LogP contribution in [-0.4, -0.2) is 15.9 Å². The third-order valence-corrected chi connectivity index (χ3v) is 5.57. The molecule has 0 spiro atoms. The number of carbonyl (C=O) groups is 1. The van der Waals surface area contributed by atoms with Gasteiger partial charge in [0.25, 0.3) is 11.6 Å². The predicted molar refractivity (Wildman–Crippen MR) is 105 cm³/mol. The van der Waals surface area contributed by atoms with E-state index >= 15 is 0 Å². The molecule has 0 radical (unpaired) electrons. The number of nitrogens with two attached hydrogens (primary N) is 1. The molecule has 4 N–H and O–H groups in total. The van der Waals surface area contributed by atoms with Crippen molar-refractivity contribution in [3.8, 4) is 0 Å². The Hall–Kier alpha value is -3.36. The van der Waals surface area contributed by atoms with Crippen molar-refractivity contribution in [3.63, 3.8) is 0 Å². The van der Waals surface area contributed by atoms with Gasteiger partial charge in [-0.2, -0.15) is 0 Å². The zero-order chi connectivity index (χ0) is 19.9. The Labute approximate surface area is 164 Å². The van der Waals surface area contributed by atoms with E-state index < -0.39 is 16.6 Å². The molecule has 0 saturated carbocycles. The van der Waals surface area contributed by atoms with E-state index in [4.69, 9.17) is 5.73 Å². The quantitative estimate of drug-likeness (QED) is 0.356. The largest absolute Gasteiger partial charge is 0.399 e. The molecule has 0 bridgehead atoms. The first-order valence-corrected chi connectivity index (χ1v) is 9.17. The fraction of sp³-hybridized carbons (Fsp3) is 0.0500. The molecule has 0 aromatic heterocycles. The molecule has 1 aliphatic rings. The number of nitro benzene ring substituents is 1. The second-order valence-corrected chi connectivity index (χ2v) is 7.44. The molecule has 4 rings (SSSR count). The highest BCUT2D eigenvalue weighted by atomic mass is 32.2. The number of hydrogen-bond donors (Lipinski definition) is 3. The van der Waals surface area contributed by atoms with Crippen molar-refractivity contribution in [3.05, 3.63) is 93.5 Å². The fourth-order valence-electron chi connectivity index (χ4n) is 3.20. The lowest BCUT2D eigenvalue weighted by molar-refractivity contribution is -0.387. The van der Waals surface area contributed by atoms with Crippen LogP contribution in [0.2, 0.25) is 0 Å². The van der Waals surface area contributed by atoms with E-state index in [1.165, 1.54) is 17.8 Å². The Morgan fingerprint density at radius 2 is 1.86 bits per heavy atom. The summed E-state index contributed by atoms with van der Waals surface area (Å²) in [6, 6.07) is 18.1. The third-order valence-electron chi connectivity index (χ3n) is 4.52.